The van der Waals surface area contributed by atoms with Crippen LogP contribution in [0.5, 0.6) is 0 Å². The molecule has 1 nitrogen and oxygen atoms in total. The highest BCUT2D eigenvalue weighted by molar-refractivity contribution is 5.74. The highest BCUT2D eigenvalue weighted by Gasteiger charge is 1.93. The van der Waals surface area contributed by atoms with Crippen molar-refractivity contribution in [2.75, 3.05) is 13.6 Å². The molecule has 0 aliphatic rings. The first-order valence-corrected chi connectivity index (χ1v) is 3.77. The van der Waals surface area contributed by atoms with Gasteiger partial charge in [-0.2, -0.15) is 0 Å². The molecule has 0 rings (SSSR count). The molecule has 10 heavy (non-hydrogen) atoms. The van der Waals surface area contributed by atoms with Crippen LogP contribution >= 0.6 is 0 Å². The first-order valence-electron chi connectivity index (χ1n) is 3.77. The van der Waals surface area contributed by atoms with Gasteiger partial charge in [0.1, 0.15) is 13.6 Å². The molecule has 0 fully saturated rings. The predicted octanol–water partition coefficient (Wildman–Crippen LogP) is 2.08. The lowest BCUT2D eigenvalue weighted by Crippen LogP contribution is -2.06. The third kappa shape index (κ3) is 3.44. The van der Waals surface area contributed by atoms with Gasteiger partial charge in [0.15, 0.2) is 6.21 Å². The van der Waals surface area contributed by atoms with Crippen LogP contribution in [0.2, 0.25) is 0 Å². The van der Waals surface area contributed by atoms with Gasteiger partial charge < -0.3 is 0 Å². The summed E-state index contributed by atoms with van der Waals surface area (Å²) in [5.41, 5.74) is 2.75. The van der Waals surface area contributed by atoms with Crippen molar-refractivity contribution in [2.45, 2.75) is 27.7 Å². The van der Waals surface area contributed by atoms with E-state index < -0.39 is 0 Å². The van der Waals surface area contributed by atoms with Crippen molar-refractivity contribution < 1.29 is 4.58 Å². The van der Waals surface area contributed by atoms with E-state index in [1.54, 1.807) is 0 Å². The molecule has 58 valence electrons. The highest BCUT2D eigenvalue weighted by atomic mass is 14.9. The van der Waals surface area contributed by atoms with Gasteiger partial charge in [0.2, 0.25) is 0 Å². The quantitative estimate of drug-likeness (QED) is 0.408. The zero-order valence-electron chi connectivity index (χ0n) is 7.73. The lowest BCUT2D eigenvalue weighted by atomic mass is 10.2. The molecule has 0 aliphatic heterocycles. The molecule has 0 radical (unpaired) electrons. The molecule has 0 aromatic rings. The van der Waals surface area contributed by atoms with Gasteiger partial charge in [0, 0.05) is 5.57 Å². The Morgan fingerprint density at radius 1 is 1.30 bits per heavy atom. The first kappa shape index (κ1) is 9.41. The van der Waals surface area contributed by atoms with Gasteiger partial charge >= 0.3 is 0 Å². The van der Waals surface area contributed by atoms with E-state index in [1.807, 2.05) is 0 Å². The van der Waals surface area contributed by atoms with Gasteiger partial charge in [-0.05, 0) is 27.7 Å². The molecule has 0 unspecified atom stereocenters. The number of allylic oxidation sites excluding steroid dienone is 2. The van der Waals surface area contributed by atoms with Gasteiger partial charge in [0.05, 0.1) is 0 Å². The second-order valence-electron chi connectivity index (χ2n) is 2.89. The zero-order chi connectivity index (χ0) is 8.15. The Labute approximate surface area is 64.1 Å². The van der Waals surface area contributed by atoms with E-state index in [0.29, 0.717) is 0 Å². The largest absolute Gasteiger partial charge is 0.239 e. The van der Waals surface area contributed by atoms with Crippen molar-refractivity contribution in [3.63, 3.8) is 0 Å². The normalized spacial score (nSPS) is 11.5. The molecule has 0 saturated heterocycles. The van der Waals surface area contributed by atoms with Gasteiger partial charge in [0.25, 0.3) is 0 Å². The van der Waals surface area contributed by atoms with Crippen molar-refractivity contribution >= 4 is 6.21 Å². The lowest BCUT2D eigenvalue weighted by Gasteiger charge is -1.94. The molecule has 0 amide bonds. The SMILES string of the molecule is CC[N+](C)=CC(C)=C(C)C. The summed E-state index contributed by atoms with van der Waals surface area (Å²) in [6, 6.07) is 0. The van der Waals surface area contributed by atoms with Crippen molar-refractivity contribution in [1.29, 1.82) is 0 Å². The second kappa shape index (κ2) is 4.26. The molecule has 0 atom stereocenters. The first-order chi connectivity index (χ1) is 4.57. The van der Waals surface area contributed by atoms with Crippen LogP contribution < -0.4 is 0 Å². The topological polar surface area (TPSA) is 3.01 Å². The Hall–Kier alpha value is -0.590. The van der Waals surface area contributed by atoms with E-state index in [4.69, 9.17) is 0 Å². The molecule has 0 aromatic carbocycles. The van der Waals surface area contributed by atoms with Crippen LogP contribution in [0.3, 0.4) is 0 Å². The Morgan fingerprint density at radius 3 is 2.10 bits per heavy atom. The fourth-order valence-electron chi connectivity index (χ4n) is 0.551. The van der Waals surface area contributed by atoms with Gasteiger partial charge in [-0.3, -0.25) is 0 Å². The van der Waals surface area contributed by atoms with Crippen LogP contribution in [0.15, 0.2) is 11.1 Å². The fraction of sp³-hybridized carbons (Fsp3) is 0.667. The van der Waals surface area contributed by atoms with E-state index in [1.165, 1.54) is 11.1 Å². The van der Waals surface area contributed by atoms with Crippen LogP contribution in [0.25, 0.3) is 0 Å². The summed E-state index contributed by atoms with van der Waals surface area (Å²) in [6.45, 7) is 9.63. The summed E-state index contributed by atoms with van der Waals surface area (Å²) >= 11 is 0. The summed E-state index contributed by atoms with van der Waals surface area (Å²) < 4.78 is 2.18. The summed E-state index contributed by atoms with van der Waals surface area (Å²) in [4.78, 5) is 0. The number of hydrogen-bond acceptors (Lipinski definition) is 0. The van der Waals surface area contributed by atoms with Crippen molar-refractivity contribution in [3.8, 4) is 0 Å². The molecule has 0 saturated carbocycles. The Morgan fingerprint density at radius 2 is 1.80 bits per heavy atom. The van der Waals surface area contributed by atoms with E-state index in [-0.39, 0.29) is 0 Å². The molecular weight excluding hydrogens is 122 g/mol. The molecule has 0 aromatic heterocycles. The summed E-state index contributed by atoms with van der Waals surface area (Å²) in [6.07, 6.45) is 2.18. The van der Waals surface area contributed by atoms with Crippen molar-refractivity contribution in [1.82, 2.24) is 0 Å². The molecule has 0 aliphatic carbocycles. The van der Waals surface area contributed by atoms with Crippen LogP contribution in [0.1, 0.15) is 27.7 Å². The number of rotatable bonds is 2. The van der Waals surface area contributed by atoms with Crippen LogP contribution in [-0.4, -0.2) is 24.4 Å². The van der Waals surface area contributed by atoms with Gasteiger partial charge in [-0.25, -0.2) is 4.58 Å². The number of hydrogen-bond donors (Lipinski definition) is 0. The Kier molecular flexibility index (Phi) is 4.01. The zero-order valence-corrected chi connectivity index (χ0v) is 7.73. The van der Waals surface area contributed by atoms with E-state index in [0.717, 1.165) is 6.54 Å². The van der Waals surface area contributed by atoms with Gasteiger partial charge in [-0.15, -0.1) is 0 Å². The van der Waals surface area contributed by atoms with E-state index in [2.05, 4.69) is 45.5 Å². The summed E-state index contributed by atoms with van der Waals surface area (Å²) in [5, 5.41) is 0. The van der Waals surface area contributed by atoms with Crippen LogP contribution in [-0.2, 0) is 0 Å². The lowest BCUT2D eigenvalue weighted by molar-refractivity contribution is -0.488. The minimum Gasteiger partial charge on any atom is -0.239 e. The maximum Gasteiger partial charge on any atom is 0.165 e. The Bertz CT molecular complexity index is 160. The standard InChI is InChI=1S/C9H18N/c1-6-10(5)7-9(4)8(2)3/h7H,6H2,1-5H3/q+1. The average Bonchev–Trinajstić information content (AvgIpc) is 1.87. The maximum atomic E-state index is 2.18. The maximum absolute atomic E-state index is 2.18. The molecule has 0 spiro atoms. The molecule has 1 heteroatoms. The minimum absolute atomic E-state index is 1.07. The predicted molar refractivity (Wildman–Crippen MR) is 46.8 cm³/mol. The highest BCUT2D eigenvalue weighted by Crippen LogP contribution is 1.97. The van der Waals surface area contributed by atoms with Crippen LogP contribution in [0, 0.1) is 0 Å². The summed E-state index contributed by atoms with van der Waals surface area (Å²) in [5.74, 6) is 0. The molecule has 0 N–H and O–H groups in total. The Balaban J connectivity index is 4.27. The minimum atomic E-state index is 1.07. The average molecular weight is 140 g/mol. The fourth-order valence-corrected chi connectivity index (χ4v) is 0.551. The van der Waals surface area contributed by atoms with Crippen molar-refractivity contribution in [3.05, 3.63) is 11.1 Å². The molecule has 0 heterocycles. The van der Waals surface area contributed by atoms with E-state index >= 15 is 0 Å². The van der Waals surface area contributed by atoms with Crippen molar-refractivity contribution in [2.24, 2.45) is 0 Å². The van der Waals surface area contributed by atoms with Gasteiger partial charge in [-0.1, -0.05) is 5.57 Å². The molecule has 0 bridgehead atoms. The number of nitrogens with zero attached hydrogens (tertiary/aromatic N) is 1. The molecular formula is C9H18N+. The monoisotopic (exact) mass is 140 g/mol. The van der Waals surface area contributed by atoms with E-state index in [9.17, 15) is 0 Å². The van der Waals surface area contributed by atoms with Crippen LogP contribution in [0.4, 0.5) is 0 Å². The smallest absolute Gasteiger partial charge is 0.165 e. The third-order valence-electron chi connectivity index (χ3n) is 1.70. The summed E-state index contributed by atoms with van der Waals surface area (Å²) in [7, 11) is 2.09. The second-order valence-corrected chi connectivity index (χ2v) is 2.89. The third-order valence-corrected chi connectivity index (χ3v) is 1.70.